The summed E-state index contributed by atoms with van der Waals surface area (Å²) in [6, 6.07) is 0.458. The Hall–Kier alpha value is -0.610. The van der Waals surface area contributed by atoms with E-state index >= 15 is 0 Å². The summed E-state index contributed by atoms with van der Waals surface area (Å²) in [5, 5.41) is 6.78. The number of nitrogens with one attached hydrogen (secondary N) is 2. The molecule has 1 amide bonds. The van der Waals surface area contributed by atoms with E-state index in [0.29, 0.717) is 17.9 Å². The number of carbonyl (C=O) groups is 1. The standard InChI is InChI=1S/C18H33N3O/c1-14-6-5-9-21(12-14)15(2)10-20-17(22)18-8-4-3-7-16(18)11-19-13-18/h14-16,19H,3-13H2,1-2H3,(H,20,22)/t14?,15?,16-,18+/m0/s1. The van der Waals surface area contributed by atoms with Crippen molar-refractivity contribution in [3.05, 3.63) is 0 Å². The molecule has 0 aromatic rings. The molecule has 2 N–H and O–H groups in total. The van der Waals surface area contributed by atoms with Crippen molar-refractivity contribution in [2.45, 2.75) is 58.4 Å². The fraction of sp³-hybridized carbons (Fsp3) is 0.944. The predicted octanol–water partition coefficient (Wildman–Crippen LogP) is 2.00. The van der Waals surface area contributed by atoms with Crippen molar-refractivity contribution in [2.24, 2.45) is 17.3 Å². The van der Waals surface area contributed by atoms with Gasteiger partial charge in [-0.15, -0.1) is 0 Å². The molecule has 0 bridgehead atoms. The van der Waals surface area contributed by atoms with Crippen LogP contribution in [0.25, 0.3) is 0 Å². The van der Waals surface area contributed by atoms with Crippen LogP contribution in [0.5, 0.6) is 0 Å². The molecule has 3 fully saturated rings. The lowest BCUT2D eigenvalue weighted by molar-refractivity contribution is -0.134. The number of piperidine rings is 1. The van der Waals surface area contributed by atoms with E-state index in [1.807, 2.05) is 0 Å². The minimum Gasteiger partial charge on any atom is -0.354 e. The van der Waals surface area contributed by atoms with Crippen LogP contribution in [0, 0.1) is 17.3 Å². The van der Waals surface area contributed by atoms with Crippen molar-refractivity contribution in [2.75, 3.05) is 32.7 Å². The highest BCUT2D eigenvalue weighted by Crippen LogP contribution is 2.43. The Bertz CT molecular complexity index is 400. The first kappa shape index (κ1) is 16.3. The molecule has 1 aliphatic carbocycles. The van der Waals surface area contributed by atoms with Crippen LogP contribution in [0.3, 0.4) is 0 Å². The van der Waals surface area contributed by atoms with Crippen LogP contribution in [0.4, 0.5) is 0 Å². The van der Waals surface area contributed by atoms with Gasteiger partial charge in [0, 0.05) is 25.7 Å². The van der Waals surface area contributed by atoms with Crippen molar-refractivity contribution in [3.63, 3.8) is 0 Å². The SMILES string of the molecule is CC1CCCN(C(C)CNC(=O)[C@@]23CCCC[C@H]2CNC3)C1. The second-order valence-electron chi connectivity index (χ2n) is 8.03. The van der Waals surface area contributed by atoms with Gasteiger partial charge in [-0.25, -0.2) is 0 Å². The normalized spacial score (nSPS) is 37.5. The molecular weight excluding hydrogens is 274 g/mol. The fourth-order valence-electron chi connectivity index (χ4n) is 4.86. The van der Waals surface area contributed by atoms with Gasteiger partial charge in [-0.3, -0.25) is 9.69 Å². The largest absolute Gasteiger partial charge is 0.354 e. The maximum absolute atomic E-state index is 12.9. The first-order valence-corrected chi connectivity index (χ1v) is 9.35. The Morgan fingerprint density at radius 3 is 3.05 bits per heavy atom. The highest BCUT2D eigenvalue weighted by atomic mass is 16.2. The molecule has 4 atom stereocenters. The summed E-state index contributed by atoms with van der Waals surface area (Å²) in [5.41, 5.74) is -0.104. The molecule has 2 saturated heterocycles. The van der Waals surface area contributed by atoms with Crippen LogP contribution in [-0.2, 0) is 4.79 Å². The van der Waals surface area contributed by atoms with Crippen LogP contribution >= 0.6 is 0 Å². The lowest BCUT2D eigenvalue weighted by atomic mass is 9.67. The highest BCUT2D eigenvalue weighted by Gasteiger charge is 2.49. The number of fused-ring (bicyclic) bond motifs is 1. The molecule has 0 aromatic carbocycles. The van der Waals surface area contributed by atoms with Gasteiger partial charge in [0.2, 0.25) is 5.91 Å². The Morgan fingerprint density at radius 2 is 2.23 bits per heavy atom. The lowest BCUT2D eigenvalue weighted by Crippen LogP contribution is -2.52. The average molecular weight is 307 g/mol. The topological polar surface area (TPSA) is 44.4 Å². The van der Waals surface area contributed by atoms with E-state index in [0.717, 1.165) is 32.0 Å². The molecule has 4 nitrogen and oxygen atoms in total. The summed E-state index contributed by atoms with van der Waals surface area (Å²) in [5.74, 6) is 1.68. The zero-order valence-corrected chi connectivity index (χ0v) is 14.4. The average Bonchev–Trinajstić information content (AvgIpc) is 2.97. The van der Waals surface area contributed by atoms with Crippen molar-refractivity contribution in [1.82, 2.24) is 15.5 Å². The maximum atomic E-state index is 12.9. The molecule has 22 heavy (non-hydrogen) atoms. The Morgan fingerprint density at radius 1 is 1.36 bits per heavy atom. The maximum Gasteiger partial charge on any atom is 0.227 e. The van der Waals surface area contributed by atoms with Gasteiger partial charge in [0.1, 0.15) is 0 Å². The summed E-state index contributed by atoms with van der Waals surface area (Å²) in [4.78, 5) is 15.4. The molecule has 126 valence electrons. The van der Waals surface area contributed by atoms with E-state index in [4.69, 9.17) is 0 Å². The van der Waals surface area contributed by atoms with Crippen LogP contribution in [0.1, 0.15) is 52.4 Å². The zero-order chi connectivity index (χ0) is 15.6. The van der Waals surface area contributed by atoms with E-state index in [9.17, 15) is 4.79 Å². The van der Waals surface area contributed by atoms with Gasteiger partial charge in [0.05, 0.1) is 5.41 Å². The van der Waals surface area contributed by atoms with Crippen LogP contribution in [0.2, 0.25) is 0 Å². The number of carbonyl (C=O) groups excluding carboxylic acids is 1. The van der Waals surface area contributed by atoms with E-state index in [1.165, 1.54) is 45.2 Å². The van der Waals surface area contributed by atoms with Gasteiger partial charge in [-0.2, -0.15) is 0 Å². The first-order chi connectivity index (χ1) is 10.6. The first-order valence-electron chi connectivity index (χ1n) is 9.35. The van der Waals surface area contributed by atoms with Crippen LogP contribution in [0.15, 0.2) is 0 Å². The van der Waals surface area contributed by atoms with E-state index in [-0.39, 0.29) is 5.41 Å². The molecule has 0 spiro atoms. The van der Waals surface area contributed by atoms with Crippen LogP contribution in [-0.4, -0.2) is 49.6 Å². The summed E-state index contributed by atoms with van der Waals surface area (Å²) >= 11 is 0. The summed E-state index contributed by atoms with van der Waals surface area (Å²) in [7, 11) is 0. The van der Waals surface area contributed by atoms with Crippen LogP contribution < -0.4 is 10.6 Å². The highest BCUT2D eigenvalue weighted by molar-refractivity contribution is 5.83. The Balaban J connectivity index is 1.53. The van der Waals surface area contributed by atoms with E-state index in [1.54, 1.807) is 0 Å². The third-order valence-electron chi connectivity index (χ3n) is 6.36. The van der Waals surface area contributed by atoms with Gasteiger partial charge in [0.25, 0.3) is 0 Å². The quantitative estimate of drug-likeness (QED) is 0.835. The monoisotopic (exact) mass is 307 g/mol. The van der Waals surface area contributed by atoms with Crippen molar-refractivity contribution < 1.29 is 4.79 Å². The molecule has 3 aliphatic rings. The number of hydrogen-bond donors (Lipinski definition) is 2. The zero-order valence-electron chi connectivity index (χ0n) is 14.4. The third kappa shape index (κ3) is 3.18. The minimum absolute atomic E-state index is 0.104. The molecule has 4 heteroatoms. The van der Waals surface area contributed by atoms with E-state index in [2.05, 4.69) is 29.4 Å². The molecule has 2 heterocycles. The summed E-state index contributed by atoms with van der Waals surface area (Å²) < 4.78 is 0. The van der Waals surface area contributed by atoms with Gasteiger partial charge in [-0.1, -0.05) is 19.8 Å². The van der Waals surface area contributed by atoms with Crippen molar-refractivity contribution in [1.29, 1.82) is 0 Å². The van der Waals surface area contributed by atoms with Gasteiger partial charge < -0.3 is 10.6 Å². The van der Waals surface area contributed by atoms with E-state index < -0.39 is 0 Å². The molecule has 3 rings (SSSR count). The summed E-state index contributed by atoms with van der Waals surface area (Å²) in [6.07, 6.45) is 7.46. The fourth-order valence-corrected chi connectivity index (χ4v) is 4.86. The van der Waals surface area contributed by atoms with Crippen molar-refractivity contribution >= 4 is 5.91 Å². The number of likely N-dealkylation sites (tertiary alicyclic amines) is 1. The molecule has 0 aromatic heterocycles. The third-order valence-corrected chi connectivity index (χ3v) is 6.36. The Kier molecular flexibility index (Phi) is 5.08. The van der Waals surface area contributed by atoms with Gasteiger partial charge >= 0.3 is 0 Å². The van der Waals surface area contributed by atoms with Gasteiger partial charge in [-0.05, 0) is 57.5 Å². The second-order valence-corrected chi connectivity index (χ2v) is 8.03. The number of rotatable bonds is 4. The minimum atomic E-state index is -0.104. The Labute approximate surface area is 135 Å². The smallest absolute Gasteiger partial charge is 0.227 e. The molecule has 2 aliphatic heterocycles. The molecule has 0 radical (unpaired) electrons. The molecular formula is C18H33N3O. The lowest BCUT2D eigenvalue weighted by Gasteiger charge is -2.39. The molecule has 2 unspecified atom stereocenters. The van der Waals surface area contributed by atoms with Gasteiger partial charge in [0.15, 0.2) is 0 Å². The number of nitrogens with zero attached hydrogens (tertiary/aromatic N) is 1. The summed E-state index contributed by atoms with van der Waals surface area (Å²) in [6.45, 7) is 9.71. The predicted molar refractivity (Wildman–Crippen MR) is 89.7 cm³/mol. The molecule has 1 saturated carbocycles. The number of amides is 1. The second kappa shape index (κ2) is 6.88. The number of hydrogen-bond acceptors (Lipinski definition) is 3. The van der Waals surface area contributed by atoms with Crippen molar-refractivity contribution in [3.8, 4) is 0 Å².